The van der Waals surface area contributed by atoms with Gasteiger partial charge in [0.25, 0.3) is 0 Å². The Morgan fingerprint density at radius 1 is 1.62 bits per heavy atom. The quantitative estimate of drug-likeness (QED) is 0.500. The van der Waals surface area contributed by atoms with Crippen molar-refractivity contribution in [3.63, 3.8) is 0 Å². The molecular formula is C9H10N2O2. The van der Waals surface area contributed by atoms with E-state index in [1.807, 2.05) is 6.92 Å². The Morgan fingerprint density at radius 3 is 3.00 bits per heavy atom. The molecule has 13 heavy (non-hydrogen) atoms. The van der Waals surface area contributed by atoms with Gasteiger partial charge in [0.05, 0.1) is 7.11 Å². The topological polar surface area (TPSA) is 52.1 Å². The van der Waals surface area contributed by atoms with Crippen LogP contribution in [0.25, 0.3) is 6.08 Å². The highest BCUT2D eigenvalue weighted by Crippen LogP contribution is 1.95. The van der Waals surface area contributed by atoms with Crippen molar-refractivity contribution in [1.82, 2.24) is 9.97 Å². The Balaban J connectivity index is 2.74. The Kier molecular flexibility index (Phi) is 3.14. The first-order chi connectivity index (χ1) is 6.22. The first-order valence-electron chi connectivity index (χ1n) is 3.78. The van der Waals surface area contributed by atoms with Crippen LogP contribution in [0.1, 0.15) is 11.5 Å². The van der Waals surface area contributed by atoms with E-state index >= 15 is 0 Å². The minimum absolute atomic E-state index is 0.412. The molecule has 0 fully saturated rings. The van der Waals surface area contributed by atoms with Gasteiger partial charge in [0.1, 0.15) is 0 Å². The number of esters is 1. The van der Waals surface area contributed by atoms with Crippen LogP contribution in [0, 0.1) is 6.92 Å². The Hall–Kier alpha value is -1.71. The van der Waals surface area contributed by atoms with E-state index < -0.39 is 5.97 Å². The number of hydrogen-bond donors (Lipinski definition) is 0. The molecule has 1 aromatic heterocycles. The van der Waals surface area contributed by atoms with E-state index in [-0.39, 0.29) is 0 Å². The maximum absolute atomic E-state index is 10.7. The van der Waals surface area contributed by atoms with Crippen LogP contribution in [-0.2, 0) is 9.53 Å². The molecule has 0 unspecified atom stereocenters. The predicted octanol–water partition coefficient (Wildman–Crippen LogP) is 0.971. The van der Waals surface area contributed by atoms with Gasteiger partial charge in [0.15, 0.2) is 5.82 Å². The van der Waals surface area contributed by atoms with E-state index in [2.05, 4.69) is 14.7 Å². The molecule has 0 N–H and O–H groups in total. The molecule has 0 amide bonds. The smallest absolute Gasteiger partial charge is 0.330 e. The summed E-state index contributed by atoms with van der Waals surface area (Å²) in [6.45, 7) is 1.86. The summed E-state index contributed by atoms with van der Waals surface area (Å²) in [6, 6.07) is 1.79. The largest absolute Gasteiger partial charge is 0.466 e. The Bertz CT molecular complexity index is 334. The third-order valence-corrected chi connectivity index (χ3v) is 1.38. The molecule has 0 radical (unpaired) electrons. The van der Waals surface area contributed by atoms with Gasteiger partial charge in [-0.15, -0.1) is 0 Å². The second-order valence-electron chi connectivity index (χ2n) is 2.41. The molecule has 0 aromatic carbocycles. The molecular weight excluding hydrogens is 168 g/mol. The van der Waals surface area contributed by atoms with E-state index in [1.54, 1.807) is 12.3 Å². The highest BCUT2D eigenvalue weighted by molar-refractivity contribution is 5.86. The van der Waals surface area contributed by atoms with Crippen molar-refractivity contribution in [2.75, 3.05) is 7.11 Å². The number of rotatable bonds is 2. The molecule has 1 heterocycles. The van der Waals surface area contributed by atoms with Crippen molar-refractivity contribution in [2.45, 2.75) is 6.92 Å². The monoisotopic (exact) mass is 178 g/mol. The summed E-state index contributed by atoms with van der Waals surface area (Å²) in [4.78, 5) is 18.7. The molecule has 0 aliphatic heterocycles. The predicted molar refractivity (Wildman–Crippen MR) is 47.8 cm³/mol. The first kappa shape index (κ1) is 9.38. The van der Waals surface area contributed by atoms with Crippen LogP contribution >= 0.6 is 0 Å². The maximum Gasteiger partial charge on any atom is 0.330 e. The molecule has 68 valence electrons. The summed E-state index contributed by atoms with van der Waals surface area (Å²) in [5.74, 6) is 0.0931. The fraction of sp³-hybridized carbons (Fsp3) is 0.222. The maximum atomic E-state index is 10.7. The van der Waals surface area contributed by atoms with Gasteiger partial charge in [-0.3, -0.25) is 0 Å². The van der Waals surface area contributed by atoms with Crippen LogP contribution in [0.2, 0.25) is 0 Å². The molecule has 1 rings (SSSR count). The van der Waals surface area contributed by atoms with E-state index in [0.29, 0.717) is 5.82 Å². The van der Waals surface area contributed by atoms with E-state index in [1.165, 1.54) is 19.3 Å². The van der Waals surface area contributed by atoms with E-state index in [9.17, 15) is 4.79 Å². The number of aromatic nitrogens is 2. The highest BCUT2D eigenvalue weighted by atomic mass is 16.5. The summed E-state index contributed by atoms with van der Waals surface area (Å²) >= 11 is 0. The van der Waals surface area contributed by atoms with Crippen LogP contribution in [0.5, 0.6) is 0 Å². The minimum Gasteiger partial charge on any atom is -0.466 e. The van der Waals surface area contributed by atoms with Crippen molar-refractivity contribution in [1.29, 1.82) is 0 Å². The van der Waals surface area contributed by atoms with Gasteiger partial charge in [0, 0.05) is 18.0 Å². The van der Waals surface area contributed by atoms with Gasteiger partial charge in [-0.2, -0.15) is 0 Å². The zero-order valence-corrected chi connectivity index (χ0v) is 7.52. The lowest BCUT2D eigenvalue weighted by atomic mass is 10.4. The zero-order valence-electron chi connectivity index (χ0n) is 7.52. The molecule has 0 saturated heterocycles. The van der Waals surface area contributed by atoms with Crippen LogP contribution < -0.4 is 0 Å². The first-order valence-corrected chi connectivity index (χ1v) is 3.78. The van der Waals surface area contributed by atoms with Crippen LogP contribution in [0.4, 0.5) is 0 Å². The number of aryl methyl sites for hydroxylation is 1. The van der Waals surface area contributed by atoms with Crippen molar-refractivity contribution >= 4 is 12.0 Å². The summed E-state index contributed by atoms with van der Waals surface area (Å²) < 4.78 is 4.42. The average molecular weight is 178 g/mol. The molecule has 1 aromatic rings. The van der Waals surface area contributed by atoms with Crippen LogP contribution in [-0.4, -0.2) is 23.0 Å². The van der Waals surface area contributed by atoms with Crippen molar-refractivity contribution in [3.05, 3.63) is 29.9 Å². The third kappa shape index (κ3) is 3.02. The summed E-state index contributed by atoms with van der Waals surface area (Å²) in [5.41, 5.74) is 0.861. The van der Waals surface area contributed by atoms with Crippen molar-refractivity contribution in [2.24, 2.45) is 0 Å². The lowest BCUT2D eigenvalue weighted by Gasteiger charge is -1.93. The lowest BCUT2D eigenvalue weighted by molar-refractivity contribution is -0.134. The Labute approximate surface area is 76.3 Å². The SMILES string of the molecule is COC(=O)C=Cc1nccc(C)n1. The summed E-state index contributed by atoms with van der Waals surface area (Å²) in [7, 11) is 1.32. The number of ether oxygens (including phenoxy) is 1. The van der Waals surface area contributed by atoms with Gasteiger partial charge in [0.2, 0.25) is 0 Å². The molecule has 4 nitrogen and oxygen atoms in total. The minimum atomic E-state index is -0.412. The molecule has 0 aliphatic carbocycles. The van der Waals surface area contributed by atoms with Gasteiger partial charge >= 0.3 is 5.97 Å². The Morgan fingerprint density at radius 2 is 2.38 bits per heavy atom. The van der Waals surface area contributed by atoms with Crippen LogP contribution in [0.3, 0.4) is 0 Å². The number of carbonyl (C=O) groups is 1. The lowest BCUT2D eigenvalue weighted by Crippen LogP contribution is -1.95. The van der Waals surface area contributed by atoms with E-state index in [4.69, 9.17) is 0 Å². The molecule has 4 heteroatoms. The fourth-order valence-corrected chi connectivity index (χ4v) is 0.759. The van der Waals surface area contributed by atoms with Gasteiger partial charge in [-0.05, 0) is 19.1 Å². The summed E-state index contributed by atoms with van der Waals surface area (Å²) in [5, 5.41) is 0. The molecule has 0 saturated carbocycles. The van der Waals surface area contributed by atoms with Gasteiger partial charge < -0.3 is 4.74 Å². The molecule has 0 bridgehead atoms. The zero-order chi connectivity index (χ0) is 9.68. The average Bonchev–Trinajstić information content (AvgIpc) is 2.14. The number of methoxy groups -OCH3 is 1. The highest BCUT2D eigenvalue weighted by Gasteiger charge is 1.93. The fourth-order valence-electron chi connectivity index (χ4n) is 0.759. The number of nitrogens with zero attached hydrogens (tertiary/aromatic N) is 2. The van der Waals surface area contributed by atoms with Crippen LogP contribution in [0.15, 0.2) is 18.3 Å². The summed E-state index contributed by atoms with van der Waals surface area (Å²) in [6.07, 6.45) is 4.44. The third-order valence-electron chi connectivity index (χ3n) is 1.38. The second kappa shape index (κ2) is 4.35. The standard InChI is InChI=1S/C9H10N2O2/c1-7-5-6-10-8(11-7)3-4-9(12)13-2/h3-6H,1-2H3. The second-order valence-corrected chi connectivity index (χ2v) is 2.41. The van der Waals surface area contributed by atoms with Gasteiger partial charge in [-0.1, -0.05) is 0 Å². The number of hydrogen-bond acceptors (Lipinski definition) is 4. The van der Waals surface area contributed by atoms with Crippen molar-refractivity contribution < 1.29 is 9.53 Å². The number of carbonyl (C=O) groups excluding carboxylic acids is 1. The van der Waals surface area contributed by atoms with Gasteiger partial charge in [-0.25, -0.2) is 14.8 Å². The van der Waals surface area contributed by atoms with Crippen molar-refractivity contribution in [3.8, 4) is 0 Å². The molecule has 0 atom stereocenters. The normalized spacial score (nSPS) is 10.3. The molecule has 0 aliphatic rings. The van der Waals surface area contributed by atoms with E-state index in [0.717, 1.165) is 5.69 Å². The molecule has 0 spiro atoms.